The van der Waals surface area contributed by atoms with E-state index in [1.54, 1.807) is 36.3 Å². The summed E-state index contributed by atoms with van der Waals surface area (Å²) >= 11 is 6.20. The van der Waals surface area contributed by atoms with Crippen LogP contribution in [-0.4, -0.2) is 43.0 Å². The van der Waals surface area contributed by atoms with Crippen molar-refractivity contribution in [3.05, 3.63) is 95.0 Å². The molecule has 0 saturated carbocycles. The molecule has 0 saturated heterocycles. The predicted octanol–water partition coefficient (Wildman–Crippen LogP) is 4.89. The number of carbonyl (C=O) groups is 2. The van der Waals surface area contributed by atoms with Crippen molar-refractivity contribution < 1.29 is 19.1 Å². The predicted molar refractivity (Wildman–Crippen MR) is 138 cm³/mol. The van der Waals surface area contributed by atoms with Crippen molar-refractivity contribution in [2.24, 2.45) is 0 Å². The molecule has 0 unspecified atom stereocenters. The first-order chi connectivity index (χ1) is 17.0. The maximum Gasteiger partial charge on any atom is 0.261 e. The van der Waals surface area contributed by atoms with Crippen LogP contribution in [0.3, 0.4) is 0 Å². The van der Waals surface area contributed by atoms with Gasteiger partial charge in [-0.25, -0.2) is 0 Å². The summed E-state index contributed by atoms with van der Waals surface area (Å²) in [6.07, 6.45) is 1.17. The molecule has 0 aliphatic rings. The lowest BCUT2D eigenvalue weighted by atomic mass is 10.0. The second kappa shape index (κ2) is 13.4. The van der Waals surface area contributed by atoms with E-state index in [4.69, 9.17) is 21.1 Å². The monoisotopic (exact) mass is 494 g/mol. The maximum atomic E-state index is 13.5. The minimum atomic E-state index is -0.725. The number of carbonyl (C=O) groups excluding carboxylic acids is 2. The van der Waals surface area contributed by atoms with Crippen LogP contribution in [0.2, 0.25) is 5.02 Å². The van der Waals surface area contributed by atoms with Crippen LogP contribution in [0.5, 0.6) is 11.5 Å². The van der Waals surface area contributed by atoms with E-state index in [0.717, 1.165) is 17.5 Å². The average Bonchev–Trinajstić information content (AvgIpc) is 2.89. The number of hydrogen-bond donors (Lipinski definition) is 1. The van der Waals surface area contributed by atoms with Gasteiger partial charge in [0.25, 0.3) is 5.91 Å². The highest BCUT2D eigenvalue weighted by Gasteiger charge is 2.30. The number of benzene rings is 3. The SMILES string of the molecule is CCCNC(=O)[C@H](Cc1ccccc1)N(Cc1cccc(OC)c1)C(=O)COc1ccccc1Cl. The Labute approximate surface area is 211 Å². The zero-order valence-electron chi connectivity index (χ0n) is 20.1. The summed E-state index contributed by atoms with van der Waals surface area (Å²) in [6.45, 7) is 2.49. The van der Waals surface area contributed by atoms with Crippen LogP contribution in [0.4, 0.5) is 0 Å². The number of methoxy groups -OCH3 is 1. The number of para-hydroxylation sites is 1. The first kappa shape index (κ1) is 26.1. The summed E-state index contributed by atoms with van der Waals surface area (Å²) in [6, 6.07) is 23.4. The van der Waals surface area contributed by atoms with E-state index in [0.29, 0.717) is 29.5 Å². The molecular weight excluding hydrogens is 464 g/mol. The van der Waals surface area contributed by atoms with Gasteiger partial charge < -0.3 is 19.7 Å². The molecule has 0 fully saturated rings. The summed E-state index contributed by atoms with van der Waals surface area (Å²) in [4.78, 5) is 28.4. The molecule has 2 amide bonds. The zero-order valence-corrected chi connectivity index (χ0v) is 20.8. The lowest BCUT2D eigenvalue weighted by Gasteiger charge is -2.31. The normalized spacial score (nSPS) is 11.4. The number of halogens is 1. The minimum Gasteiger partial charge on any atom is -0.497 e. The molecule has 0 spiro atoms. The molecule has 0 aromatic heterocycles. The van der Waals surface area contributed by atoms with Crippen molar-refractivity contribution in [1.82, 2.24) is 10.2 Å². The first-order valence-electron chi connectivity index (χ1n) is 11.6. The zero-order chi connectivity index (χ0) is 25.0. The second-order valence-corrected chi connectivity index (χ2v) is 8.50. The Morgan fingerprint density at radius 2 is 1.69 bits per heavy atom. The Kier molecular flexibility index (Phi) is 9.99. The van der Waals surface area contributed by atoms with E-state index in [2.05, 4.69) is 5.32 Å². The van der Waals surface area contributed by atoms with Gasteiger partial charge in [0.2, 0.25) is 5.91 Å². The van der Waals surface area contributed by atoms with Gasteiger partial charge in [0.15, 0.2) is 6.61 Å². The molecule has 6 nitrogen and oxygen atoms in total. The molecule has 1 N–H and O–H groups in total. The van der Waals surface area contributed by atoms with Gasteiger partial charge in [0.05, 0.1) is 12.1 Å². The van der Waals surface area contributed by atoms with Crippen LogP contribution in [0, 0.1) is 0 Å². The summed E-state index contributed by atoms with van der Waals surface area (Å²) in [5.74, 6) is 0.571. The third-order valence-electron chi connectivity index (χ3n) is 5.50. The highest BCUT2D eigenvalue weighted by atomic mass is 35.5. The fourth-order valence-electron chi connectivity index (χ4n) is 3.67. The molecule has 0 aliphatic carbocycles. The molecule has 0 radical (unpaired) electrons. The number of nitrogens with one attached hydrogen (secondary N) is 1. The molecule has 184 valence electrons. The fourth-order valence-corrected chi connectivity index (χ4v) is 3.86. The standard InChI is InChI=1S/C28H31ClN2O4/c1-3-16-30-28(33)25(18-21-10-5-4-6-11-21)31(19-22-12-9-13-23(17-22)34-2)27(32)20-35-26-15-8-7-14-24(26)29/h4-15,17,25H,3,16,18-20H2,1-2H3,(H,30,33)/t25-/m0/s1. The van der Waals surface area contributed by atoms with E-state index >= 15 is 0 Å². The van der Waals surface area contributed by atoms with Crippen LogP contribution in [0.15, 0.2) is 78.9 Å². The lowest BCUT2D eigenvalue weighted by molar-refractivity contribution is -0.142. The Hall–Kier alpha value is -3.51. The molecule has 0 bridgehead atoms. The topological polar surface area (TPSA) is 67.9 Å². The van der Waals surface area contributed by atoms with Crippen molar-refractivity contribution in [3.63, 3.8) is 0 Å². The second-order valence-electron chi connectivity index (χ2n) is 8.09. The van der Waals surface area contributed by atoms with Crippen molar-refractivity contribution in [3.8, 4) is 11.5 Å². The van der Waals surface area contributed by atoms with Crippen LogP contribution in [-0.2, 0) is 22.6 Å². The Bertz CT molecular complexity index is 1110. The quantitative estimate of drug-likeness (QED) is 0.389. The van der Waals surface area contributed by atoms with E-state index in [1.807, 2.05) is 61.5 Å². The van der Waals surface area contributed by atoms with E-state index in [9.17, 15) is 9.59 Å². The van der Waals surface area contributed by atoms with Crippen molar-refractivity contribution in [2.75, 3.05) is 20.3 Å². The maximum absolute atomic E-state index is 13.5. The molecule has 7 heteroatoms. The lowest BCUT2D eigenvalue weighted by Crippen LogP contribution is -2.51. The summed E-state index contributed by atoms with van der Waals surface area (Å²) in [5.41, 5.74) is 1.80. The van der Waals surface area contributed by atoms with E-state index in [-0.39, 0.29) is 25.0 Å². The Morgan fingerprint density at radius 3 is 2.40 bits per heavy atom. The van der Waals surface area contributed by atoms with Crippen LogP contribution >= 0.6 is 11.6 Å². The minimum absolute atomic E-state index is 0.204. The smallest absolute Gasteiger partial charge is 0.261 e. The third-order valence-corrected chi connectivity index (χ3v) is 5.81. The van der Waals surface area contributed by atoms with Gasteiger partial charge in [-0.3, -0.25) is 9.59 Å². The number of hydrogen-bond acceptors (Lipinski definition) is 4. The summed E-state index contributed by atoms with van der Waals surface area (Å²) < 4.78 is 11.1. The molecule has 3 aromatic carbocycles. The molecule has 0 heterocycles. The first-order valence-corrected chi connectivity index (χ1v) is 12.0. The highest BCUT2D eigenvalue weighted by molar-refractivity contribution is 6.32. The summed E-state index contributed by atoms with van der Waals surface area (Å²) in [5, 5.41) is 3.38. The third kappa shape index (κ3) is 7.76. The van der Waals surface area contributed by atoms with Crippen LogP contribution in [0.1, 0.15) is 24.5 Å². The Balaban J connectivity index is 1.91. The van der Waals surface area contributed by atoms with Gasteiger partial charge in [-0.05, 0) is 41.8 Å². The van der Waals surface area contributed by atoms with Crippen molar-refractivity contribution in [2.45, 2.75) is 32.4 Å². The summed E-state index contributed by atoms with van der Waals surface area (Å²) in [7, 11) is 1.59. The average molecular weight is 495 g/mol. The van der Waals surface area contributed by atoms with Crippen LogP contribution in [0.25, 0.3) is 0 Å². The molecule has 0 aliphatic heterocycles. The molecule has 1 atom stereocenters. The largest absolute Gasteiger partial charge is 0.497 e. The number of ether oxygens (including phenoxy) is 2. The van der Waals surface area contributed by atoms with E-state index in [1.165, 1.54) is 0 Å². The molecular formula is C28H31ClN2O4. The van der Waals surface area contributed by atoms with Gasteiger partial charge in [0, 0.05) is 19.5 Å². The molecule has 3 aromatic rings. The number of amides is 2. The number of rotatable bonds is 12. The highest BCUT2D eigenvalue weighted by Crippen LogP contribution is 2.24. The van der Waals surface area contributed by atoms with Gasteiger partial charge in [0.1, 0.15) is 17.5 Å². The molecule has 35 heavy (non-hydrogen) atoms. The van der Waals surface area contributed by atoms with Crippen molar-refractivity contribution in [1.29, 1.82) is 0 Å². The van der Waals surface area contributed by atoms with Gasteiger partial charge in [-0.1, -0.05) is 73.1 Å². The Morgan fingerprint density at radius 1 is 0.971 bits per heavy atom. The fraction of sp³-hybridized carbons (Fsp3) is 0.286. The van der Waals surface area contributed by atoms with Crippen LogP contribution < -0.4 is 14.8 Å². The van der Waals surface area contributed by atoms with Crippen molar-refractivity contribution >= 4 is 23.4 Å². The van der Waals surface area contributed by atoms with Gasteiger partial charge >= 0.3 is 0 Å². The van der Waals surface area contributed by atoms with Gasteiger partial charge in [-0.2, -0.15) is 0 Å². The van der Waals surface area contributed by atoms with Gasteiger partial charge in [-0.15, -0.1) is 0 Å². The molecule has 3 rings (SSSR count). The number of nitrogens with zero attached hydrogens (tertiary/aromatic N) is 1. The van der Waals surface area contributed by atoms with E-state index < -0.39 is 6.04 Å².